The highest BCUT2D eigenvalue weighted by Crippen LogP contribution is 2.36. The van der Waals surface area contributed by atoms with Crippen LogP contribution in [0.4, 0.5) is 18.9 Å². The first-order valence-corrected chi connectivity index (χ1v) is 7.33. The Labute approximate surface area is 146 Å². The molecule has 0 spiro atoms. The molecule has 0 aliphatic rings. The Morgan fingerprint density at radius 2 is 1.80 bits per heavy atom. The van der Waals surface area contributed by atoms with E-state index in [-0.39, 0.29) is 27.7 Å². The molecular weight excluding hydrogens is 361 g/mol. The van der Waals surface area contributed by atoms with Crippen molar-refractivity contribution in [3.63, 3.8) is 0 Å². The SMILES string of the molecule is COc1cc(NC(=O)c2ccc(C(F)(F)F)nc2C)c(OC)cc1Cl. The number of methoxy groups -OCH3 is 2. The molecule has 1 aromatic carbocycles. The van der Waals surface area contributed by atoms with E-state index in [1.807, 2.05) is 0 Å². The van der Waals surface area contributed by atoms with Gasteiger partial charge in [-0.15, -0.1) is 0 Å². The molecule has 25 heavy (non-hydrogen) atoms. The molecule has 0 unspecified atom stereocenters. The lowest BCUT2D eigenvalue weighted by Crippen LogP contribution is -2.17. The number of rotatable bonds is 4. The number of anilines is 1. The van der Waals surface area contributed by atoms with Crippen molar-refractivity contribution in [2.24, 2.45) is 0 Å². The molecule has 0 aliphatic heterocycles. The van der Waals surface area contributed by atoms with Crippen molar-refractivity contribution in [3.05, 3.63) is 46.2 Å². The highest BCUT2D eigenvalue weighted by atomic mass is 35.5. The second-order valence-electron chi connectivity index (χ2n) is 4.97. The Kier molecular flexibility index (Phi) is 5.42. The Hall–Kier alpha value is -2.48. The van der Waals surface area contributed by atoms with Crippen LogP contribution < -0.4 is 14.8 Å². The number of hydrogen-bond acceptors (Lipinski definition) is 4. The minimum atomic E-state index is -4.58. The number of carbonyl (C=O) groups excluding carboxylic acids is 1. The molecule has 0 radical (unpaired) electrons. The maximum absolute atomic E-state index is 12.7. The van der Waals surface area contributed by atoms with Gasteiger partial charge in [-0.2, -0.15) is 13.2 Å². The summed E-state index contributed by atoms with van der Waals surface area (Å²) in [5.41, 5.74) is -0.850. The number of nitrogens with one attached hydrogen (secondary N) is 1. The maximum atomic E-state index is 12.7. The van der Waals surface area contributed by atoms with Crippen molar-refractivity contribution in [2.75, 3.05) is 19.5 Å². The second-order valence-corrected chi connectivity index (χ2v) is 5.38. The molecule has 9 heteroatoms. The molecule has 1 heterocycles. The molecule has 1 N–H and O–H groups in total. The Bertz CT molecular complexity index is 810. The summed E-state index contributed by atoms with van der Waals surface area (Å²) in [6, 6.07) is 4.72. The van der Waals surface area contributed by atoms with Gasteiger partial charge in [-0.3, -0.25) is 4.79 Å². The second kappa shape index (κ2) is 7.18. The molecular formula is C16H14ClF3N2O3. The van der Waals surface area contributed by atoms with Crippen molar-refractivity contribution < 1.29 is 27.4 Å². The number of carbonyl (C=O) groups is 1. The van der Waals surface area contributed by atoms with Crippen molar-refractivity contribution >= 4 is 23.2 Å². The van der Waals surface area contributed by atoms with Gasteiger partial charge in [0.25, 0.3) is 5.91 Å². The van der Waals surface area contributed by atoms with Gasteiger partial charge in [-0.05, 0) is 19.1 Å². The van der Waals surface area contributed by atoms with E-state index in [2.05, 4.69) is 10.3 Å². The number of hydrogen-bond donors (Lipinski definition) is 1. The van der Waals surface area contributed by atoms with Crippen LogP contribution in [0.2, 0.25) is 5.02 Å². The minimum absolute atomic E-state index is 0.00368. The van der Waals surface area contributed by atoms with Gasteiger partial charge in [0.15, 0.2) is 0 Å². The van der Waals surface area contributed by atoms with E-state index in [1.54, 1.807) is 0 Å². The fourth-order valence-electron chi connectivity index (χ4n) is 2.11. The van der Waals surface area contributed by atoms with Gasteiger partial charge in [-0.1, -0.05) is 11.6 Å². The Balaban J connectivity index is 2.34. The van der Waals surface area contributed by atoms with Crippen LogP contribution in [-0.4, -0.2) is 25.1 Å². The zero-order valence-electron chi connectivity index (χ0n) is 13.5. The quantitative estimate of drug-likeness (QED) is 0.865. The lowest BCUT2D eigenvalue weighted by molar-refractivity contribution is -0.141. The van der Waals surface area contributed by atoms with Gasteiger partial charge >= 0.3 is 6.18 Å². The molecule has 0 fully saturated rings. The monoisotopic (exact) mass is 374 g/mol. The number of aromatic nitrogens is 1. The number of halogens is 4. The number of alkyl halides is 3. The molecule has 0 saturated carbocycles. The smallest absolute Gasteiger partial charge is 0.433 e. The normalized spacial score (nSPS) is 11.2. The van der Waals surface area contributed by atoms with E-state index in [4.69, 9.17) is 21.1 Å². The summed E-state index contributed by atoms with van der Waals surface area (Å²) in [7, 11) is 2.79. The first-order valence-electron chi connectivity index (χ1n) is 6.95. The van der Waals surface area contributed by atoms with Crippen molar-refractivity contribution in [3.8, 4) is 11.5 Å². The summed E-state index contributed by atoms with van der Waals surface area (Å²) >= 11 is 5.98. The highest BCUT2D eigenvalue weighted by molar-refractivity contribution is 6.32. The summed E-state index contributed by atoms with van der Waals surface area (Å²) in [5, 5.41) is 2.84. The molecule has 1 amide bonds. The van der Waals surface area contributed by atoms with Gasteiger partial charge in [-0.25, -0.2) is 4.98 Å². The molecule has 134 valence electrons. The van der Waals surface area contributed by atoms with Crippen LogP contribution in [0.3, 0.4) is 0 Å². The largest absolute Gasteiger partial charge is 0.495 e. The van der Waals surface area contributed by atoms with Crippen molar-refractivity contribution in [1.82, 2.24) is 4.98 Å². The third-order valence-electron chi connectivity index (χ3n) is 3.34. The lowest BCUT2D eigenvalue weighted by atomic mass is 10.1. The summed E-state index contributed by atoms with van der Waals surface area (Å²) in [4.78, 5) is 15.8. The first-order chi connectivity index (χ1) is 11.7. The topological polar surface area (TPSA) is 60.5 Å². The summed E-state index contributed by atoms with van der Waals surface area (Å²) < 4.78 is 48.2. The van der Waals surface area contributed by atoms with E-state index in [0.717, 1.165) is 12.1 Å². The lowest BCUT2D eigenvalue weighted by Gasteiger charge is -2.14. The average molecular weight is 375 g/mol. The molecule has 2 rings (SSSR count). The number of amides is 1. The molecule has 0 bridgehead atoms. The van der Waals surface area contributed by atoms with E-state index < -0.39 is 17.8 Å². The zero-order valence-corrected chi connectivity index (χ0v) is 14.2. The van der Waals surface area contributed by atoms with Crippen LogP contribution in [-0.2, 0) is 6.18 Å². The third kappa shape index (κ3) is 4.14. The van der Waals surface area contributed by atoms with Crippen molar-refractivity contribution in [1.29, 1.82) is 0 Å². The Morgan fingerprint density at radius 1 is 1.16 bits per heavy atom. The summed E-state index contributed by atoms with van der Waals surface area (Å²) in [6.45, 7) is 1.32. The van der Waals surface area contributed by atoms with Crippen molar-refractivity contribution in [2.45, 2.75) is 13.1 Å². The number of benzene rings is 1. The number of aryl methyl sites for hydroxylation is 1. The van der Waals surface area contributed by atoms with Crippen LogP contribution in [0, 0.1) is 6.92 Å². The van der Waals surface area contributed by atoms with Gasteiger partial charge in [0.2, 0.25) is 0 Å². The predicted octanol–water partition coefficient (Wildman–Crippen LogP) is 4.33. The fraction of sp³-hybridized carbons (Fsp3) is 0.250. The maximum Gasteiger partial charge on any atom is 0.433 e. The number of ether oxygens (including phenoxy) is 2. The summed E-state index contributed by atoms with van der Waals surface area (Å²) in [6.07, 6.45) is -4.58. The van der Waals surface area contributed by atoms with Crippen LogP contribution >= 0.6 is 11.6 Å². The molecule has 0 saturated heterocycles. The highest BCUT2D eigenvalue weighted by Gasteiger charge is 2.33. The third-order valence-corrected chi connectivity index (χ3v) is 3.64. The van der Waals surface area contributed by atoms with Crippen LogP contribution in [0.15, 0.2) is 24.3 Å². The number of nitrogens with zero attached hydrogens (tertiary/aromatic N) is 1. The van der Waals surface area contributed by atoms with Crippen LogP contribution in [0.25, 0.3) is 0 Å². The van der Waals surface area contributed by atoms with E-state index >= 15 is 0 Å². The summed E-state index contributed by atoms with van der Waals surface area (Å²) in [5.74, 6) is -0.0573. The number of pyridine rings is 1. The van der Waals surface area contributed by atoms with Gasteiger partial charge < -0.3 is 14.8 Å². The first kappa shape index (κ1) is 18.9. The Morgan fingerprint density at radius 3 is 2.32 bits per heavy atom. The molecule has 5 nitrogen and oxygen atoms in total. The zero-order chi connectivity index (χ0) is 18.8. The van der Waals surface area contributed by atoms with Gasteiger partial charge in [0.1, 0.15) is 17.2 Å². The standard InChI is InChI=1S/C16H14ClF3N2O3/c1-8-9(4-5-14(21-8)16(18,19)20)15(23)22-11-7-12(24-2)10(17)6-13(11)25-3/h4-7H,1-3H3,(H,22,23). The fourth-order valence-corrected chi connectivity index (χ4v) is 2.34. The molecule has 0 atom stereocenters. The van der Waals surface area contributed by atoms with Crippen LogP contribution in [0.5, 0.6) is 11.5 Å². The minimum Gasteiger partial charge on any atom is -0.495 e. The average Bonchev–Trinajstić information content (AvgIpc) is 2.54. The molecule has 2 aromatic rings. The van der Waals surface area contributed by atoms with E-state index in [9.17, 15) is 18.0 Å². The molecule has 0 aliphatic carbocycles. The van der Waals surface area contributed by atoms with Gasteiger partial charge in [0.05, 0.1) is 36.2 Å². The van der Waals surface area contributed by atoms with Gasteiger partial charge in [0, 0.05) is 12.1 Å². The predicted molar refractivity (Wildman–Crippen MR) is 86.5 cm³/mol. The van der Waals surface area contributed by atoms with E-state index in [0.29, 0.717) is 5.75 Å². The molecule has 1 aromatic heterocycles. The van der Waals surface area contributed by atoms with E-state index in [1.165, 1.54) is 33.3 Å². The van der Waals surface area contributed by atoms with Crippen LogP contribution in [0.1, 0.15) is 21.7 Å².